The molecule has 3 heterocycles. The number of fused-ring (bicyclic) bond motifs is 1. The Labute approximate surface area is 149 Å². The Morgan fingerprint density at radius 1 is 1.28 bits per heavy atom. The van der Waals surface area contributed by atoms with Crippen LogP contribution in [0.25, 0.3) is 4.96 Å². The third kappa shape index (κ3) is 2.86. The van der Waals surface area contributed by atoms with Gasteiger partial charge in [-0.2, -0.15) is 4.52 Å². The maximum Gasteiger partial charge on any atom is 0.230 e. The van der Waals surface area contributed by atoms with Gasteiger partial charge in [-0.25, -0.2) is 4.98 Å². The maximum absolute atomic E-state index is 10.8. The molecule has 1 N–H and O–H groups in total. The summed E-state index contributed by atoms with van der Waals surface area (Å²) in [6.07, 6.45) is 0. The number of para-hydroxylation sites is 1. The third-order valence-corrected chi connectivity index (χ3v) is 5.47. The van der Waals surface area contributed by atoms with Crippen LogP contribution in [0.4, 0.5) is 0 Å². The molecule has 2 aromatic heterocycles. The molecule has 1 atom stereocenters. The van der Waals surface area contributed by atoms with Gasteiger partial charge in [0, 0.05) is 18.7 Å². The molecule has 1 aromatic carbocycles. The van der Waals surface area contributed by atoms with E-state index in [9.17, 15) is 5.11 Å². The smallest absolute Gasteiger partial charge is 0.230 e. The summed E-state index contributed by atoms with van der Waals surface area (Å²) in [7, 11) is 1.67. The Bertz CT molecular complexity index is 885. The molecule has 0 spiro atoms. The second-order valence-electron chi connectivity index (χ2n) is 5.94. The summed E-state index contributed by atoms with van der Waals surface area (Å²) in [6, 6.07) is 7.79. The second kappa shape index (κ2) is 6.62. The molecule has 0 aliphatic carbocycles. The molecule has 4 rings (SSSR count). The minimum absolute atomic E-state index is 0.131. The van der Waals surface area contributed by atoms with E-state index in [2.05, 4.69) is 15.0 Å². The zero-order valence-electron chi connectivity index (χ0n) is 14.2. The first-order valence-electron chi connectivity index (χ1n) is 8.18. The minimum atomic E-state index is -0.131. The summed E-state index contributed by atoms with van der Waals surface area (Å²) in [4.78, 5) is 8.21. The Morgan fingerprint density at radius 3 is 2.76 bits per heavy atom. The van der Waals surface area contributed by atoms with Crippen LogP contribution in [0.15, 0.2) is 24.3 Å². The quantitative estimate of drug-likeness (QED) is 0.769. The number of hydrogen-bond donors (Lipinski definition) is 1. The van der Waals surface area contributed by atoms with Gasteiger partial charge < -0.3 is 14.6 Å². The number of methoxy groups -OCH3 is 1. The molecule has 1 aliphatic heterocycles. The standard InChI is InChI=1S/C17H20N4O3S/c1-11-18-17-21(19-11)16(22)15(25-17)14(20-7-9-24-10-8-20)12-5-3-4-6-13(12)23-2/h3-6,14,22H,7-10H2,1-2H3/t14-/m1/s1. The SMILES string of the molecule is COc1ccccc1[C@H](c1sc2nc(C)nn2c1O)N1CCOCC1. The van der Waals surface area contributed by atoms with Crippen molar-refractivity contribution in [3.05, 3.63) is 40.5 Å². The molecule has 0 saturated carbocycles. The third-order valence-electron chi connectivity index (χ3n) is 4.40. The number of aryl methyl sites for hydroxylation is 1. The van der Waals surface area contributed by atoms with Crippen molar-refractivity contribution in [3.8, 4) is 11.6 Å². The Morgan fingerprint density at radius 2 is 2.04 bits per heavy atom. The van der Waals surface area contributed by atoms with Crippen LogP contribution in [-0.4, -0.2) is 58.0 Å². The number of hydrogen-bond acceptors (Lipinski definition) is 7. The first-order valence-corrected chi connectivity index (χ1v) is 9.00. The van der Waals surface area contributed by atoms with Crippen molar-refractivity contribution in [3.63, 3.8) is 0 Å². The van der Waals surface area contributed by atoms with Crippen molar-refractivity contribution < 1.29 is 14.6 Å². The van der Waals surface area contributed by atoms with Gasteiger partial charge >= 0.3 is 0 Å². The second-order valence-corrected chi connectivity index (χ2v) is 6.95. The molecule has 25 heavy (non-hydrogen) atoms. The summed E-state index contributed by atoms with van der Waals surface area (Å²) in [5.41, 5.74) is 1.02. The molecule has 8 heteroatoms. The van der Waals surface area contributed by atoms with Crippen LogP contribution in [0.2, 0.25) is 0 Å². The zero-order valence-corrected chi connectivity index (χ0v) is 15.0. The van der Waals surface area contributed by atoms with Gasteiger partial charge in [0.05, 0.1) is 31.2 Å². The molecule has 0 amide bonds. The molecular weight excluding hydrogens is 340 g/mol. The monoisotopic (exact) mass is 360 g/mol. The van der Waals surface area contributed by atoms with Crippen LogP contribution < -0.4 is 4.74 Å². The molecule has 1 saturated heterocycles. The van der Waals surface area contributed by atoms with Crippen LogP contribution in [0, 0.1) is 6.92 Å². The predicted octanol–water partition coefficient (Wildman–Crippen LogP) is 2.24. The lowest BCUT2D eigenvalue weighted by Crippen LogP contribution is -2.39. The summed E-state index contributed by atoms with van der Waals surface area (Å²) < 4.78 is 12.6. The van der Waals surface area contributed by atoms with E-state index in [1.54, 1.807) is 7.11 Å². The van der Waals surface area contributed by atoms with Crippen LogP contribution in [0.1, 0.15) is 22.3 Å². The molecule has 0 bridgehead atoms. The van der Waals surface area contributed by atoms with E-state index in [4.69, 9.17) is 9.47 Å². The Balaban J connectivity index is 1.86. The Kier molecular flexibility index (Phi) is 4.32. The number of nitrogens with zero attached hydrogens (tertiary/aromatic N) is 4. The number of morpholine rings is 1. The van der Waals surface area contributed by atoms with Gasteiger partial charge in [-0.05, 0) is 13.0 Å². The van der Waals surface area contributed by atoms with E-state index in [0.717, 1.165) is 29.3 Å². The fourth-order valence-corrected chi connectivity index (χ4v) is 4.41. The van der Waals surface area contributed by atoms with E-state index in [-0.39, 0.29) is 11.9 Å². The molecule has 1 aliphatic rings. The number of benzene rings is 1. The van der Waals surface area contributed by atoms with E-state index < -0.39 is 0 Å². The highest BCUT2D eigenvalue weighted by molar-refractivity contribution is 7.17. The number of rotatable bonds is 4. The zero-order chi connectivity index (χ0) is 17.4. The summed E-state index contributed by atoms with van der Waals surface area (Å²) >= 11 is 1.46. The molecule has 0 radical (unpaired) electrons. The minimum Gasteiger partial charge on any atom is -0.496 e. The number of aromatic nitrogens is 3. The fourth-order valence-electron chi connectivity index (χ4n) is 3.26. The number of ether oxygens (including phenoxy) is 2. The first kappa shape index (κ1) is 16.3. The molecule has 7 nitrogen and oxygen atoms in total. The van der Waals surface area contributed by atoms with Crippen LogP contribution in [0.5, 0.6) is 11.6 Å². The van der Waals surface area contributed by atoms with Gasteiger partial charge in [0.2, 0.25) is 10.8 Å². The van der Waals surface area contributed by atoms with Gasteiger partial charge in [0.1, 0.15) is 11.6 Å². The summed E-state index contributed by atoms with van der Waals surface area (Å²) in [5, 5.41) is 15.1. The number of thiazole rings is 1. The van der Waals surface area contributed by atoms with E-state index in [0.29, 0.717) is 24.0 Å². The van der Waals surface area contributed by atoms with Crippen LogP contribution in [-0.2, 0) is 4.74 Å². The highest BCUT2D eigenvalue weighted by atomic mass is 32.1. The first-order chi connectivity index (χ1) is 12.2. The van der Waals surface area contributed by atoms with E-state index >= 15 is 0 Å². The fraction of sp³-hybridized carbons (Fsp3) is 0.412. The Hall–Kier alpha value is -2.16. The van der Waals surface area contributed by atoms with Gasteiger partial charge in [0.15, 0.2) is 0 Å². The lowest BCUT2D eigenvalue weighted by atomic mass is 10.0. The van der Waals surface area contributed by atoms with Crippen molar-refractivity contribution in [2.24, 2.45) is 0 Å². The average Bonchev–Trinajstić information content (AvgIpc) is 3.14. The van der Waals surface area contributed by atoms with Gasteiger partial charge in [0.25, 0.3) is 0 Å². The molecule has 3 aromatic rings. The molecular formula is C17H20N4O3S. The highest BCUT2D eigenvalue weighted by Gasteiger charge is 2.32. The lowest BCUT2D eigenvalue weighted by Gasteiger charge is -2.34. The van der Waals surface area contributed by atoms with Crippen molar-refractivity contribution >= 4 is 16.3 Å². The molecule has 1 fully saturated rings. The molecule has 132 valence electrons. The topological polar surface area (TPSA) is 72.1 Å². The van der Waals surface area contributed by atoms with Crippen molar-refractivity contribution in [2.75, 3.05) is 33.4 Å². The molecule has 0 unspecified atom stereocenters. The van der Waals surface area contributed by atoms with Crippen LogP contribution in [0.3, 0.4) is 0 Å². The average molecular weight is 360 g/mol. The van der Waals surface area contributed by atoms with Crippen LogP contribution >= 0.6 is 11.3 Å². The van der Waals surface area contributed by atoms with Crippen molar-refractivity contribution in [1.82, 2.24) is 19.5 Å². The lowest BCUT2D eigenvalue weighted by molar-refractivity contribution is 0.0237. The van der Waals surface area contributed by atoms with Gasteiger partial charge in [-0.3, -0.25) is 4.90 Å². The van der Waals surface area contributed by atoms with E-state index in [1.807, 2.05) is 31.2 Å². The largest absolute Gasteiger partial charge is 0.496 e. The predicted molar refractivity (Wildman–Crippen MR) is 94.5 cm³/mol. The van der Waals surface area contributed by atoms with E-state index in [1.165, 1.54) is 15.9 Å². The number of aromatic hydroxyl groups is 1. The van der Waals surface area contributed by atoms with Crippen molar-refractivity contribution in [2.45, 2.75) is 13.0 Å². The van der Waals surface area contributed by atoms with Gasteiger partial charge in [-0.1, -0.05) is 29.5 Å². The van der Waals surface area contributed by atoms with Gasteiger partial charge in [-0.15, -0.1) is 5.10 Å². The summed E-state index contributed by atoms with van der Waals surface area (Å²) in [6.45, 7) is 4.74. The summed E-state index contributed by atoms with van der Waals surface area (Å²) in [5.74, 6) is 1.59. The van der Waals surface area contributed by atoms with Crippen molar-refractivity contribution in [1.29, 1.82) is 0 Å². The normalized spacial score (nSPS) is 17.0. The maximum atomic E-state index is 10.8. The highest BCUT2D eigenvalue weighted by Crippen LogP contribution is 2.42.